The van der Waals surface area contributed by atoms with E-state index in [1.54, 1.807) is 26.8 Å². The van der Waals surface area contributed by atoms with E-state index in [0.717, 1.165) is 0 Å². The number of hydrogen-bond donors (Lipinski definition) is 1. The monoisotopic (exact) mass is 355 g/mol. The Kier molecular flexibility index (Phi) is 6.92. The number of carbonyl (C=O) groups is 2. The topological polar surface area (TPSA) is 86.8 Å². The Labute approximate surface area is 143 Å². The lowest BCUT2D eigenvalue weighted by molar-refractivity contribution is -0.121. The van der Waals surface area contributed by atoms with Crippen molar-refractivity contribution in [2.24, 2.45) is 0 Å². The van der Waals surface area contributed by atoms with Gasteiger partial charge in [0.05, 0.1) is 11.4 Å². The Morgan fingerprint density at radius 1 is 1.25 bits per heavy atom. The molecular weight excluding hydrogens is 330 g/mol. The van der Waals surface area contributed by atoms with Gasteiger partial charge in [0.15, 0.2) is 0 Å². The van der Waals surface area contributed by atoms with Crippen molar-refractivity contribution in [1.29, 1.82) is 0 Å². The molecule has 0 radical (unpaired) electrons. The minimum absolute atomic E-state index is 0.0561. The molecule has 1 N–H and O–H groups in total. The van der Waals surface area contributed by atoms with Crippen LogP contribution < -0.4 is 5.32 Å². The third-order valence-corrected chi connectivity index (χ3v) is 5.80. The maximum atomic E-state index is 12.5. The molecule has 24 heavy (non-hydrogen) atoms. The first-order valence-corrected chi connectivity index (χ1v) is 9.17. The van der Waals surface area contributed by atoms with Crippen molar-refractivity contribution in [2.45, 2.75) is 31.7 Å². The summed E-state index contributed by atoms with van der Waals surface area (Å²) in [4.78, 5) is 25.5. The molecule has 0 bridgehead atoms. The van der Waals surface area contributed by atoms with Crippen molar-refractivity contribution in [1.82, 2.24) is 14.5 Å². The van der Waals surface area contributed by atoms with Crippen LogP contribution in [0.15, 0.2) is 29.2 Å². The second-order valence-corrected chi connectivity index (χ2v) is 7.63. The third-order valence-electron chi connectivity index (χ3n) is 3.77. The molecule has 2 amide bonds. The molecule has 1 rings (SSSR count). The average molecular weight is 355 g/mol. The fourth-order valence-electron chi connectivity index (χ4n) is 2.00. The number of amides is 2. The highest BCUT2D eigenvalue weighted by atomic mass is 32.2. The maximum absolute atomic E-state index is 12.5. The zero-order valence-corrected chi connectivity index (χ0v) is 15.6. The third kappa shape index (κ3) is 4.55. The molecule has 0 unspecified atom stereocenters. The van der Waals surface area contributed by atoms with Crippen molar-refractivity contribution in [3.63, 3.8) is 0 Å². The second-order valence-electron chi connectivity index (χ2n) is 5.64. The van der Waals surface area contributed by atoms with Gasteiger partial charge in [0.2, 0.25) is 15.9 Å². The molecule has 0 aliphatic heterocycles. The smallest absolute Gasteiger partial charge is 0.254 e. The number of nitrogens with one attached hydrogen (secondary N) is 1. The highest BCUT2D eigenvalue weighted by Gasteiger charge is 2.25. The van der Waals surface area contributed by atoms with E-state index in [0.29, 0.717) is 6.54 Å². The van der Waals surface area contributed by atoms with E-state index in [1.807, 2.05) is 0 Å². The molecular formula is C16H25N3O4S. The van der Waals surface area contributed by atoms with Crippen LogP contribution in [0.2, 0.25) is 0 Å². The van der Waals surface area contributed by atoms with Crippen LogP contribution in [0.1, 0.15) is 31.1 Å². The maximum Gasteiger partial charge on any atom is 0.254 e. The van der Waals surface area contributed by atoms with Gasteiger partial charge < -0.3 is 10.2 Å². The zero-order chi connectivity index (χ0) is 18.5. The minimum atomic E-state index is -3.67. The van der Waals surface area contributed by atoms with Gasteiger partial charge in [0.25, 0.3) is 5.91 Å². The summed E-state index contributed by atoms with van der Waals surface area (Å²) >= 11 is 0. The number of nitrogens with zero attached hydrogens (tertiary/aromatic N) is 2. The summed E-state index contributed by atoms with van der Waals surface area (Å²) < 4.78 is 26.3. The van der Waals surface area contributed by atoms with Crippen LogP contribution in [0.4, 0.5) is 0 Å². The van der Waals surface area contributed by atoms with Gasteiger partial charge in [-0.2, -0.15) is 4.31 Å². The van der Waals surface area contributed by atoms with Crippen LogP contribution >= 0.6 is 0 Å². The Morgan fingerprint density at radius 2 is 1.88 bits per heavy atom. The normalized spacial score (nSPS) is 11.6. The lowest BCUT2D eigenvalue weighted by Crippen LogP contribution is -2.39. The number of likely N-dealkylation sites (N-methyl/N-ethyl adjacent to an activating group) is 2. The second kappa shape index (κ2) is 8.25. The van der Waals surface area contributed by atoms with Crippen molar-refractivity contribution < 1.29 is 18.0 Å². The number of benzene rings is 1. The number of carbonyl (C=O) groups excluding carboxylic acids is 2. The minimum Gasteiger partial charge on any atom is -0.358 e. The van der Waals surface area contributed by atoms with Crippen LogP contribution in [0.25, 0.3) is 0 Å². The predicted molar refractivity (Wildman–Crippen MR) is 92.2 cm³/mol. The van der Waals surface area contributed by atoms with E-state index < -0.39 is 10.0 Å². The van der Waals surface area contributed by atoms with Crippen LogP contribution in [-0.4, -0.2) is 62.7 Å². The number of sulfonamides is 1. The fourth-order valence-corrected chi connectivity index (χ4v) is 3.41. The molecule has 0 aliphatic carbocycles. The van der Waals surface area contributed by atoms with Crippen molar-refractivity contribution in [3.05, 3.63) is 29.8 Å². The van der Waals surface area contributed by atoms with Crippen LogP contribution in [0, 0.1) is 0 Å². The van der Waals surface area contributed by atoms with Crippen LogP contribution in [0.5, 0.6) is 0 Å². The standard InChI is InChI=1S/C16H25N3O4S/c1-6-19(11-15(20)17-4)16(21)13-8-7-9-14(10-13)24(22,23)18(5)12(2)3/h7-10,12H,6,11H2,1-5H3,(H,17,20). The van der Waals surface area contributed by atoms with E-state index in [4.69, 9.17) is 0 Å². The lowest BCUT2D eigenvalue weighted by atomic mass is 10.2. The molecule has 7 nitrogen and oxygen atoms in total. The molecule has 8 heteroatoms. The van der Waals surface area contributed by atoms with Gasteiger partial charge in [0, 0.05) is 32.2 Å². The first-order chi connectivity index (χ1) is 11.1. The Morgan fingerprint density at radius 3 is 2.38 bits per heavy atom. The highest BCUT2D eigenvalue weighted by molar-refractivity contribution is 7.89. The molecule has 0 saturated carbocycles. The summed E-state index contributed by atoms with van der Waals surface area (Å²) in [5.41, 5.74) is 0.235. The van der Waals surface area contributed by atoms with E-state index >= 15 is 0 Å². The fraction of sp³-hybridized carbons (Fsp3) is 0.500. The van der Waals surface area contributed by atoms with Gasteiger partial charge in [-0.15, -0.1) is 0 Å². The number of hydrogen-bond acceptors (Lipinski definition) is 4. The largest absolute Gasteiger partial charge is 0.358 e. The summed E-state index contributed by atoms with van der Waals surface area (Å²) in [6, 6.07) is 5.68. The van der Waals surface area contributed by atoms with Crippen molar-refractivity contribution in [2.75, 3.05) is 27.2 Å². The van der Waals surface area contributed by atoms with Crippen LogP contribution in [0.3, 0.4) is 0 Å². The molecule has 0 heterocycles. The molecule has 1 aromatic carbocycles. The van der Waals surface area contributed by atoms with Gasteiger partial charge in [-0.05, 0) is 39.0 Å². The molecule has 0 saturated heterocycles. The predicted octanol–water partition coefficient (Wildman–Crippen LogP) is 0.924. The van der Waals surface area contributed by atoms with Gasteiger partial charge in [-0.25, -0.2) is 8.42 Å². The van der Waals surface area contributed by atoms with E-state index in [1.165, 1.54) is 41.5 Å². The van der Waals surface area contributed by atoms with E-state index in [9.17, 15) is 18.0 Å². The molecule has 0 fully saturated rings. The number of rotatable bonds is 7. The Bertz CT molecular complexity index is 701. The SMILES string of the molecule is CCN(CC(=O)NC)C(=O)c1cccc(S(=O)(=O)N(C)C(C)C)c1. The Hall–Kier alpha value is -1.93. The highest BCUT2D eigenvalue weighted by Crippen LogP contribution is 2.18. The van der Waals surface area contributed by atoms with Crippen LogP contribution in [-0.2, 0) is 14.8 Å². The summed E-state index contributed by atoms with van der Waals surface area (Å²) in [6.07, 6.45) is 0. The Balaban J connectivity index is 3.16. The van der Waals surface area contributed by atoms with E-state index in [-0.39, 0.29) is 34.9 Å². The van der Waals surface area contributed by atoms with Crippen molar-refractivity contribution >= 4 is 21.8 Å². The molecule has 1 aromatic rings. The summed E-state index contributed by atoms with van der Waals surface area (Å²) in [7, 11) is -0.677. The molecule has 134 valence electrons. The lowest BCUT2D eigenvalue weighted by Gasteiger charge is -2.22. The van der Waals surface area contributed by atoms with Gasteiger partial charge >= 0.3 is 0 Å². The summed E-state index contributed by atoms with van der Waals surface area (Å²) in [5.74, 6) is -0.668. The summed E-state index contributed by atoms with van der Waals surface area (Å²) in [6.45, 7) is 5.57. The van der Waals surface area contributed by atoms with Gasteiger partial charge in [0.1, 0.15) is 0 Å². The first kappa shape index (κ1) is 20.1. The van der Waals surface area contributed by atoms with Gasteiger partial charge in [-0.1, -0.05) is 6.07 Å². The molecule has 0 aliphatic rings. The zero-order valence-electron chi connectivity index (χ0n) is 14.7. The van der Waals surface area contributed by atoms with Gasteiger partial charge in [-0.3, -0.25) is 9.59 Å². The summed E-state index contributed by atoms with van der Waals surface area (Å²) in [5, 5.41) is 2.46. The van der Waals surface area contributed by atoms with E-state index in [2.05, 4.69) is 5.32 Å². The first-order valence-electron chi connectivity index (χ1n) is 7.73. The molecule has 0 spiro atoms. The molecule has 0 atom stereocenters. The average Bonchev–Trinajstić information content (AvgIpc) is 2.57. The van der Waals surface area contributed by atoms with Crippen molar-refractivity contribution in [3.8, 4) is 0 Å². The quantitative estimate of drug-likeness (QED) is 0.788. The molecule has 0 aromatic heterocycles.